The van der Waals surface area contributed by atoms with Crippen LogP contribution in [0, 0.1) is 5.92 Å². The van der Waals surface area contributed by atoms with E-state index in [-0.39, 0.29) is 12.1 Å². The number of carbonyl (C=O) groups is 1. The summed E-state index contributed by atoms with van der Waals surface area (Å²) < 4.78 is 7.26. The third kappa shape index (κ3) is 8.02. The molecule has 0 aliphatic heterocycles. The summed E-state index contributed by atoms with van der Waals surface area (Å²) >= 11 is 0. The highest BCUT2D eigenvalue weighted by Gasteiger charge is 2.18. The maximum atomic E-state index is 11.8. The van der Waals surface area contributed by atoms with Crippen molar-refractivity contribution in [2.24, 2.45) is 5.92 Å². The number of aromatic nitrogens is 2. The van der Waals surface area contributed by atoms with Crippen molar-refractivity contribution >= 4 is 6.09 Å². The van der Waals surface area contributed by atoms with Crippen molar-refractivity contribution in [3.63, 3.8) is 0 Å². The molecule has 0 aliphatic rings. The van der Waals surface area contributed by atoms with E-state index in [9.17, 15) is 4.79 Å². The Morgan fingerprint density at radius 2 is 2.09 bits per heavy atom. The Labute approximate surface area is 140 Å². The Bertz CT molecular complexity index is 477. The van der Waals surface area contributed by atoms with Crippen LogP contribution in [-0.2, 0) is 17.8 Å². The van der Waals surface area contributed by atoms with Gasteiger partial charge in [0.1, 0.15) is 5.60 Å². The number of hydrogen-bond donors (Lipinski definition) is 2. The minimum Gasteiger partial charge on any atom is -0.444 e. The number of rotatable bonds is 8. The molecule has 0 aromatic carbocycles. The van der Waals surface area contributed by atoms with Crippen LogP contribution in [0.5, 0.6) is 0 Å². The van der Waals surface area contributed by atoms with Crippen LogP contribution in [0.1, 0.15) is 53.7 Å². The van der Waals surface area contributed by atoms with E-state index in [1.807, 2.05) is 37.7 Å². The molecule has 6 nitrogen and oxygen atoms in total. The molecule has 0 radical (unpaired) electrons. The fourth-order valence-electron chi connectivity index (χ4n) is 2.37. The van der Waals surface area contributed by atoms with Gasteiger partial charge in [-0.2, -0.15) is 5.10 Å². The quantitative estimate of drug-likeness (QED) is 0.771. The molecule has 1 unspecified atom stereocenters. The molecule has 1 aromatic rings. The van der Waals surface area contributed by atoms with Crippen molar-refractivity contribution in [1.29, 1.82) is 0 Å². The van der Waals surface area contributed by atoms with Crippen LogP contribution in [0.2, 0.25) is 0 Å². The van der Waals surface area contributed by atoms with Gasteiger partial charge in [-0.15, -0.1) is 0 Å². The Balaban J connectivity index is 2.50. The minimum atomic E-state index is -0.474. The highest BCUT2D eigenvalue weighted by molar-refractivity contribution is 5.67. The number of nitrogens with zero attached hydrogens (tertiary/aromatic N) is 2. The summed E-state index contributed by atoms with van der Waals surface area (Å²) in [6.45, 7) is 14.2. The van der Waals surface area contributed by atoms with Crippen LogP contribution in [0.25, 0.3) is 0 Å². The van der Waals surface area contributed by atoms with Gasteiger partial charge in [0, 0.05) is 31.9 Å². The maximum Gasteiger partial charge on any atom is 0.407 e. The number of alkyl carbamates (subject to hydrolysis) is 1. The van der Waals surface area contributed by atoms with Gasteiger partial charge in [-0.05, 0) is 46.1 Å². The normalized spacial score (nSPS) is 13.2. The van der Waals surface area contributed by atoms with Crippen LogP contribution in [0.4, 0.5) is 4.79 Å². The maximum absolute atomic E-state index is 11.8. The molecule has 0 saturated heterocycles. The molecule has 1 heterocycles. The first-order valence-electron chi connectivity index (χ1n) is 8.42. The molecule has 1 atom stereocenters. The molecule has 2 N–H and O–H groups in total. The van der Waals surface area contributed by atoms with Crippen LogP contribution in [0.3, 0.4) is 0 Å². The van der Waals surface area contributed by atoms with E-state index in [4.69, 9.17) is 4.74 Å². The predicted molar refractivity (Wildman–Crippen MR) is 92.2 cm³/mol. The zero-order valence-corrected chi connectivity index (χ0v) is 15.3. The number of ether oxygens (including phenoxy) is 1. The molecule has 0 spiro atoms. The summed E-state index contributed by atoms with van der Waals surface area (Å²) in [4.78, 5) is 11.8. The summed E-state index contributed by atoms with van der Waals surface area (Å²) in [6.07, 6.45) is 2.43. The lowest BCUT2D eigenvalue weighted by Gasteiger charge is -2.24. The molecule has 132 valence electrons. The molecule has 0 saturated carbocycles. The van der Waals surface area contributed by atoms with Gasteiger partial charge >= 0.3 is 6.09 Å². The largest absolute Gasteiger partial charge is 0.444 e. The van der Waals surface area contributed by atoms with E-state index in [2.05, 4.69) is 36.5 Å². The highest BCUT2D eigenvalue weighted by atomic mass is 16.6. The number of amides is 1. The van der Waals surface area contributed by atoms with Crippen LogP contribution < -0.4 is 10.6 Å². The van der Waals surface area contributed by atoms with E-state index >= 15 is 0 Å². The van der Waals surface area contributed by atoms with Gasteiger partial charge in [0.05, 0.1) is 5.69 Å². The summed E-state index contributed by atoms with van der Waals surface area (Å²) in [6, 6.07) is 2.22. The lowest BCUT2D eigenvalue weighted by molar-refractivity contribution is 0.0520. The Morgan fingerprint density at radius 3 is 2.65 bits per heavy atom. The standard InChI is InChI=1S/C17H32N4O2/c1-7-21-15(8-9-20-21)12-18-14(10-13(2)3)11-19-16(22)23-17(4,5)6/h8-9,13-14,18H,7,10-12H2,1-6H3,(H,19,22). The summed E-state index contributed by atoms with van der Waals surface area (Å²) in [7, 11) is 0. The third-order valence-corrected chi connectivity index (χ3v) is 3.32. The minimum absolute atomic E-state index is 0.197. The van der Waals surface area contributed by atoms with E-state index in [1.165, 1.54) is 0 Å². The Morgan fingerprint density at radius 1 is 1.39 bits per heavy atom. The monoisotopic (exact) mass is 324 g/mol. The zero-order valence-electron chi connectivity index (χ0n) is 15.3. The van der Waals surface area contributed by atoms with E-state index in [0.29, 0.717) is 12.5 Å². The molecule has 0 fully saturated rings. The van der Waals surface area contributed by atoms with Gasteiger partial charge in [0.15, 0.2) is 0 Å². The fourth-order valence-corrected chi connectivity index (χ4v) is 2.37. The topological polar surface area (TPSA) is 68.2 Å². The van der Waals surface area contributed by atoms with Crippen LogP contribution in [0.15, 0.2) is 12.3 Å². The second-order valence-corrected chi connectivity index (χ2v) is 7.23. The first-order chi connectivity index (χ1) is 10.7. The van der Waals surface area contributed by atoms with Crippen molar-refractivity contribution in [2.75, 3.05) is 6.54 Å². The van der Waals surface area contributed by atoms with Crippen molar-refractivity contribution < 1.29 is 9.53 Å². The van der Waals surface area contributed by atoms with Crippen molar-refractivity contribution in [3.05, 3.63) is 18.0 Å². The van der Waals surface area contributed by atoms with Gasteiger partial charge in [-0.25, -0.2) is 4.79 Å². The van der Waals surface area contributed by atoms with Crippen molar-refractivity contribution in [1.82, 2.24) is 20.4 Å². The molecule has 1 aromatic heterocycles. The second kappa shape index (κ2) is 8.91. The van der Waals surface area contributed by atoms with E-state index < -0.39 is 5.60 Å². The number of nitrogens with one attached hydrogen (secondary N) is 2. The molecule has 6 heteroatoms. The molecule has 23 heavy (non-hydrogen) atoms. The third-order valence-electron chi connectivity index (χ3n) is 3.32. The molecule has 1 amide bonds. The Kier molecular flexibility index (Phi) is 7.55. The first-order valence-corrected chi connectivity index (χ1v) is 8.42. The average Bonchev–Trinajstić information content (AvgIpc) is 2.86. The van der Waals surface area contributed by atoms with Crippen molar-refractivity contribution in [3.8, 4) is 0 Å². The van der Waals surface area contributed by atoms with Gasteiger partial charge in [-0.3, -0.25) is 4.68 Å². The van der Waals surface area contributed by atoms with E-state index in [1.54, 1.807) is 0 Å². The fraction of sp³-hybridized carbons (Fsp3) is 0.765. The van der Waals surface area contributed by atoms with Gasteiger partial charge in [-0.1, -0.05) is 13.8 Å². The predicted octanol–water partition coefficient (Wildman–Crippen LogP) is 2.93. The summed E-state index contributed by atoms with van der Waals surface area (Å²) in [5.74, 6) is 0.545. The van der Waals surface area contributed by atoms with E-state index in [0.717, 1.165) is 25.2 Å². The SMILES string of the molecule is CCn1nccc1CNC(CNC(=O)OC(C)(C)C)CC(C)C. The molecule has 0 aliphatic carbocycles. The van der Waals surface area contributed by atoms with Gasteiger partial charge in [0.25, 0.3) is 0 Å². The Hall–Kier alpha value is -1.56. The first kappa shape index (κ1) is 19.5. The highest BCUT2D eigenvalue weighted by Crippen LogP contribution is 2.08. The van der Waals surface area contributed by atoms with Crippen LogP contribution in [-0.4, -0.2) is 34.1 Å². The lowest BCUT2D eigenvalue weighted by Crippen LogP contribution is -2.43. The number of aryl methyl sites for hydroxylation is 1. The van der Waals surface area contributed by atoms with Crippen LogP contribution >= 0.6 is 0 Å². The van der Waals surface area contributed by atoms with Gasteiger partial charge in [0.2, 0.25) is 0 Å². The smallest absolute Gasteiger partial charge is 0.407 e. The van der Waals surface area contributed by atoms with Gasteiger partial charge < -0.3 is 15.4 Å². The molecular weight excluding hydrogens is 292 g/mol. The molecular formula is C17H32N4O2. The molecule has 1 rings (SSSR count). The average molecular weight is 324 g/mol. The number of hydrogen-bond acceptors (Lipinski definition) is 4. The zero-order chi connectivity index (χ0) is 17.5. The summed E-state index contributed by atoms with van der Waals surface area (Å²) in [5.41, 5.74) is 0.678. The number of carbonyl (C=O) groups excluding carboxylic acids is 1. The molecule has 0 bridgehead atoms. The lowest BCUT2D eigenvalue weighted by atomic mass is 10.0. The second-order valence-electron chi connectivity index (χ2n) is 7.23. The summed E-state index contributed by atoms with van der Waals surface area (Å²) in [5, 5.41) is 10.6. The van der Waals surface area contributed by atoms with Crippen molar-refractivity contribution in [2.45, 2.75) is 72.7 Å².